The summed E-state index contributed by atoms with van der Waals surface area (Å²) in [5, 5.41) is 13.3. The van der Waals surface area contributed by atoms with Gasteiger partial charge in [0.1, 0.15) is 6.04 Å². The fourth-order valence-corrected chi connectivity index (χ4v) is 3.84. The standard InChI is InChI=1S/C22H12NO4/c24-20-13-5-1-2-6-14(13)21(25)17-11-12(9-10-15(17)20)19-22(26)16-7-3-4-8-18(16)23(19)27/h1-11,19H/q-1. The Labute approximate surface area is 154 Å². The number of hydrogen-bond acceptors (Lipinski definition) is 5. The smallest absolute Gasteiger partial charge is 0.194 e. The van der Waals surface area contributed by atoms with Crippen molar-refractivity contribution in [3.63, 3.8) is 0 Å². The first-order valence-electron chi connectivity index (χ1n) is 8.50. The minimum Gasteiger partial charge on any atom is -0.758 e. The molecule has 0 fully saturated rings. The van der Waals surface area contributed by atoms with Gasteiger partial charge in [0.2, 0.25) is 0 Å². The van der Waals surface area contributed by atoms with E-state index in [4.69, 9.17) is 0 Å². The number of benzene rings is 3. The molecule has 0 spiro atoms. The predicted octanol–water partition coefficient (Wildman–Crippen LogP) is 3.70. The molecule has 1 heterocycles. The molecule has 5 heteroatoms. The molecule has 5 rings (SSSR count). The van der Waals surface area contributed by atoms with Crippen LogP contribution in [-0.2, 0) is 0 Å². The molecule has 0 aromatic heterocycles. The zero-order valence-corrected chi connectivity index (χ0v) is 14.0. The largest absolute Gasteiger partial charge is 0.758 e. The van der Waals surface area contributed by atoms with Crippen LogP contribution >= 0.6 is 0 Å². The van der Waals surface area contributed by atoms with Gasteiger partial charge >= 0.3 is 0 Å². The van der Waals surface area contributed by atoms with Gasteiger partial charge in [-0.3, -0.25) is 14.4 Å². The van der Waals surface area contributed by atoms with Crippen molar-refractivity contribution in [3.8, 4) is 0 Å². The highest BCUT2D eigenvalue weighted by molar-refractivity contribution is 6.28. The lowest BCUT2D eigenvalue weighted by Crippen LogP contribution is -2.24. The zero-order chi connectivity index (χ0) is 18.7. The number of hydrogen-bond donors (Lipinski definition) is 0. The zero-order valence-electron chi connectivity index (χ0n) is 14.0. The topological polar surface area (TPSA) is 77.5 Å². The molecular formula is C22H12NO4-. The predicted molar refractivity (Wildman–Crippen MR) is 99.1 cm³/mol. The number of anilines is 1. The van der Waals surface area contributed by atoms with Crippen molar-refractivity contribution in [2.45, 2.75) is 6.04 Å². The van der Waals surface area contributed by atoms with Crippen molar-refractivity contribution in [3.05, 3.63) is 105 Å². The van der Waals surface area contributed by atoms with Gasteiger partial charge < -0.3 is 10.3 Å². The van der Waals surface area contributed by atoms with E-state index >= 15 is 0 Å². The van der Waals surface area contributed by atoms with Gasteiger partial charge in [0.25, 0.3) is 0 Å². The van der Waals surface area contributed by atoms with Gasteiger partial charge in [0.05, 0.1) is 0 Å². The highest BCUT2D eigenvalue weighted by Gasteiger charge is 2.35. The third-order valence-corrected chi connectivity index (χ3v) is 5.15. The molecule has 1 aliphatic heterocycles. The van der Waals surface area contributed by atoms with E-state index in [1.165, 1.54) is 12.1 Å². The molecule has 0 N–H and O–H groups in total. The molecular weight excluding hydrogens is 342 g/mol. The highest BCUT2D eigenvalue weighted by Crippen LogP contribution is 2.40. The Kier molecular flexibility index (Phi) is 3.17. The monoisotopic (exact) mass is 354 g/mol. The summed E-state index contributed by atoms with van der Waals surface area (Å²) >= 11 is 0. The van der Waals surface area contributed by atoms with E-state index < -0.39 is 6.04 Å². The van der Waals surface area contributed by atoms with Crippen molar-refractivity contribution in [1.82, 2.24) is 0 Å². The number of carbonyl (C=O) groups is 3. The lowest BCUT2D eigenvalue weighted by Gasteiger charge is -2.32. The Morgan fingerprint density at radius 1 is 0.667 bits per heavy atom. The van der Waals surface area contributed by atoms with E-state index in [-0.39, 0.29) is 22.9 Å². The molecule has 0 radical (unpaired) electrons. The summed E-state index contributed by atoms with van der Waals surface area (Å²) in [6, 6.07) is 16.9. The molecule has 2 aliphatic rings. The second-order valence-corrected chi connectivity index (χ2v) is 6.62. The van der Waals surface area contributed by atoms with E-state index in [0.29, 0.717) is 38.6 Å². The van der Waals surface area contributed by atoms with Crippen molar-refractivity contribution in [2.75, 3.05) is 5.06 Å². The van der Waals surface area contributed by atoms with Crippen LogP contribution in [0.5, 0.6) is 0 Å². The van der Waals surface area contributed by atoms with Gasteiger partial charge in [-0.1, -0.05) is 42.5 Å². The van der Waals surface area contributed by atoms with Crippen LogP contribution in [0.2, 0.25) is 0 Å². The average Bonchev–Trinajstić information content (AvgIpc) is 2.96. The summed E-state index contributed by atoms with van der Waals surface area (Å²) in [5.74, 6) is -0.815. The van der Waals surface area contributed by atoms with Crippen LogP contribution in [0.4, 0.5) is 5.69 Å². The van der Waals surface area contributed by atoms with Crippen molar-refractivity contribution >= 4 is 23.0 Å². The number of Topliss-reactive ketones (excluding diaryl/α,β-unsaturated/α-hetero) is 1. The highest BCUT2D eigenvalue weighted by atomic mass is 16.5. The van der Waals surface area contributed by atoms with Gasteiger partial charge in [-0.05, 0) is 29.8 Å². The van der Waals surface area contributed by atoms with Crippen molar-refractivity contribution in [2.24, 2.45) is 0 Å². The van der Waals surface area contributed by atoms with Gasteiger partial charge in [-0.25, -0.2) is 0 Å². The summed E-state index contributed by atoms with van der Waals surface area (Å²) in [7, 11) is 0. The van der Waals surface area contributed by atoms with Gasteiger partial charge in [-0.15, -0.1) is 0 Å². The molecule has 3 aromatic rings. The van der Waals surface area contributed by atoms with Crippen LogP contribution < -0.4 is 5.06 Å². The van der Waals surface area contributed by atoms with E-state index in [0.717, 1.165) is 0 Å². The van der Waals surface area contributed by atoms with E-state index in [2.05, 4.69) is 0 Å². The third kappa shape index (κ3) is 2.06. The fraction of sp³-hybridized carbons (Fsp3) is 0.0455. The SMILES string of the molecule is O=C1c2ccccc2C(=O)c2cc(C3C(=O)c4ccccc4N3[O-])ccc21. The van der Waals surface area contributed by atoms with E-state index in [1.54, 1.807) is 54.6 Å². The summed E-state index contributed by atoms with van der Waals surface area (Å²) < 4.78 is 0. The molecule has 1 atom stereocenters. The van der Waals surface area contributed by atoms with Crippen LogP contribution in [0.25, 0.3) is 0 Å². The quantitative estimate of drug-likeness (QED) is 0.521. The van der Waals surface area contributed by atoms with Gasteiger partial charge in [-0.2, -0.15) is 0 Å². The fourth-order valence-electron chi connectivity index (χ4n) is 3.84. The van der Waals surface area contributed by atoms with Crippen LogP contribution in [-0.4, -0.2) is 17.3 Å². The van der Waals surface area contributed by atoms with E-state index in [1.807, 2.05) is 0 Å². The number of fused-ring (bicyclic) bond motifs is 3. The first kappa shape index (κ1) is 15.7. The van der Waals surface area contributed by atoms with Crippen LogP contribution in [0.15, 0.2) is 66.7 Å². The number of ketones is 3. The second kappa shape index (κ2) is 5.46. The first-order chi connectivity index (χ1) is 13.1. The number of para-hydroxylation sites is 1. The normalized spacial score (nSPS) is 17.6. The Balaban J connectivity index is 1.63. The molecule has 0 bridgehead atoms. The number of carbonyl (C=O) groups excluding carboxylic acids is 3. The molecule has 3 aromatic carbocycles. The number of nitrogens with zero attached hydrogens (tertiary/aromatic N) is 1. The van der Waals surface area contributed by atoms with Crippen LogP contribution in [0.3, 0.4) is 0 Å². The Hall–Kier alpha value is -3.57. The molecule has 1 aliphatic carbocycles. The van der Waals surface area contributed by atoms with Gasteiger partial charge in [0.15, 0.2) is 17.3 Å². The Morgan fingerprint density at radius 2 is 1.22 bits per heavy atom. The molecule has 0 amide bonds. The summed E-state index contributed by atoms with van der Waals surface area (Å²) in [6.07, 6.45) is 0. The average molecular weight is 354 g/mol. The maximum atomic E-state index is 12.9. The summed E-state index contributed by atoms with van der Waals surface area (Å²) in [4.78, 5) is 38.3. The van der Waals surface area contributed by atoms with E-state index in [9.17, 15) is 19.6 Å². The summed E-state index contributed by atoms with van der Waals surface area (Å²) in [5.41, 5.74) is 2.33. The second-order valence-electron chi connectivity index (χ2n) is 6.62. The minimum atomic E-state index is -1.05. The molecule has 27 heavy (non-hydrogen) atoms. The maximum absolute atomic E-state index is 12.9. The minimum absolute atomic E-state index is 0.230. The molecule has 5 nitrogen and oxygen atoms in total. The third-order valence-electron chi connectivity index (χ3n) is 5.15. The maximum Gasteiger partial charge on any atom is 0.194 e. The van der Waals surface area contributed by atoms with Crippen LogP contribution in [0.1, 0.15) is 53.8 Å². The Bertz CT molecular complexity index is 1160. The number of rotatable bonds is 1. The van der Waals surface area contributed by atoms with Gasteiger partial charge in [0, 0.05) is 33.5 Å². The first-order valence-corrected chi connectivity index (χ1v) is 8.50. The lowest BCUT2D eigenvalue weighted by molar-refractivity contribution is 0.0970. The lowest BCUT2D eigenvalue weighted by atomic mass is 9.82. The van der Waals surface area contributed by atoms with Crippen molar-refractivity contribution < 1.29 is 14.4 Å². The molecule has 0 saturated heterocycles. The molecule has 0 saturated carbocycles. The summed E-state index contributed by atoms with van der Waals surface area (Å²) in [6.45, 7) is 0. The molecule has 1 unspecified atom stereocenters. The number of hydroxylamine groups is 1. The molecule has 130 valence electrons. The van der Waals surface area contributed by atoms with Crippen molar-refractivity contribution in [1.29, 1.82) is 0 Å². The van der Waals surface area contributed by atoms with Crippen LogP contribution in [0, 0.1) is 5.21 Å². The Morgan fingerprint density at radius 3 is 1.89 bits per heavy atom.